The number of methoxy groups -OCH3 is 2. The Morgan fingerprint density at radius 3 is 2.55 bits per heavy atom. The van der Waals surface area contributed by atoms with Crippen molar-refractivity contribution < 1.29 is 32.5 Å². The van der Waals surface area contributed by atoms with E-state index in [1.807, 2.05) is 0 Å². The van der Waals surface area contributed by atoms with Crippen molar-refractivity contribution in [2.75, 3.05) is 38.8 Å². The number of carbonyl (C=O) groups excluding carboxylic acids is 1. The lowest BCUT2D eigenvalue weighted by atomic mass is 9.95. The highest BCUT2D eigenvalue weighted by atomic mass is 35.5. The average Bonchev–Trinajstić information content (AvgIpc) is 2.81. The number of carbonyl (C=O) groups is 1. The Bertz CT molecular complexity index is 982. The van der Waals surface area contributed by atoms with Crippen LogP contribution >= 0.6 is 11.6 Å². The molecule has 1 aliphatic rings. The van der Waals surface area contributed by atoms with Crippen LogP contribution in [0.5, 0.6) is 11.5 Å². The molecule has 0 saturated carbocycles. The van der Waals surface area contributed by atoms with E-state index in [2.05, 4.69) is 10.3 Å². The lowest BCUT2D eigenvalue weighted by molar-refractivity contribution is -0.137. The standard InChI is InChI=1S/C22H25ClF3N3O4/c1-32-15-3-4-19(33-2)16(10-15)18(30)12-28-21(31)13-5-7-29(8-6-13)20-17(23)9-14(11-27-20)22(24,25)26/h3-4,9-11,13,18,30H,5-8,12H2,1-2H3,(H,28,31). The molecule has 0 bridgehead atoms. The molecule has 1 unspecified atom stereocenters. The Hall–Kier alpha value is -2.72. The first kappa shape index (κ1) is 24.9. The van der Waals surface area contributed by atoms with Crippen LogP contribution in [0, 0.1) is 5.92 Å². The third kappa shape index (κ3) is 6.00. The summed E-state index contributed by atoms with van der Waals surface area (Å²) in [5.41, 5.74) is -0.410. The van der Waals surface area contributed by atoms with Gasteiger partial charge in [-0.05, 0) is 37.1 Å². The predicted molar refractivity (Wildman–Crippen MR) is 117 cm³/mol. The highest BCUT2D eigenvalue weighted by Gasteiger charge is 2.33. The zero-order valence-corrected chi connectivity index (χ0v) is 18.9. The smallest absolute Gasteiger partial charge is 0.417 e. The number of ether oxygens (including phenoxy) is 2. The first-order valence-electron chi connectivity index (χ1n) is 10.3. The van der Waals surface area contributed by atoms with E-state index in [9.17, 15) is 23.1 Å². The van der Waals surface area contributed by atoms with Crippen LogP contribution in [-0.4, -0.2) is 49.9 Å². The number of aromatic nitrogens is 1. The molecule has 7 nitrogen and oxygen atoms in total. The van der Waals surface area contributed by atoms with Gasteiger partial charge in [0.2, 0.25) is 5.91 Å². The van der Waals surface area contributed by atoms with E-state index in [0.717, 1.165) is 12.3 Å². The molecule has 33 heavy (non-hydrogen) atoms. The SMILES string of the molecule is COc1ccc(OC)c(C(O)CNC(=O)C2CCN(c3ncc(C(F)(F)F)cc3Cl)CC2)c1. The molecule has 0 radical (unpaired) electrons. The first-order valence-corrected chi connectivity index (χ1v) is 10.7. The number of aliphatic hydroxyl groups is 1. The number of amides is 1. The van der Waals surface area contributed by atoms with E-state index >= 15 is 0 Å². The average molecular weight is 488 g/mol. The van der Waals surface area contributed by atoms with E-state index in [1.165, 1.54) is 14.2 Å². The number of benzene rings is 1. The molecule has 0 aliphatic carbocycles. The van der Waals surface area contributed by atoms with Gasteiger partial charge in [0, 0.05) is 37.3 Å². The van der Waals surface area contributed by atoms with Gasteiger partial charge in [-0.1, -0.05) is 11.6 Å². The lowest BCUT2D eigenvalue weighted by Gasteiger charge is -2.33. The van der Waals surface area contributed by atoms with Crippen LogP contribution < -0.4 is 19.7 Å². The minimum Gasteiger partial charge on any atom is -0.497 e. The molecule has 2 N–H and O–H groups in total. The number of hydrogen-bond acceptors (Lipinski definition) is 6. The highest BCUT2D eigenvalue weighted by molar-refractivity contribution is 6.33. The van der Waals surface area contributed by atoms with Crippen molar-refractivity contribution >= 4 is 23.3 Å². The maximum atomic E-state index is 12.8. The first-order chi connectivity index (χ1) is 15.6. The molecule has 0 spiro atoms. The molecule has 1 aromatic carbocycles. The summed E-state index contributed by atoms with van der Waals surface area (Å²) in [5, 5.41) is 13.2. The molecule has 2 heterocycles. The Balaban J connectivity index is 1.55. The van der Waals surface area contributed by atoms with Crippen LogP contribution in [0.1, 0.15) is 30.1 Å². The Kier molecular flexibility index (Phi) is 7.91. The van der Waals surface area contributed by atoms with Gasteiger partial charge in [-0.15, -0.1) is 0 Å². The molecule has 11 heteroatoms. The molecule has 1 fully saturated rings. The van der Waals surface area contributed by atoms with Gasteiger partial charge in [0.15, 0.2) is 0 Å². The minimum absolute atomic E-state index is 0.00510. The monoisotopic (exact) mass is 487 g/mol. The van der Waals surface area contributed by atoms with Gasteiger partial charge in [-0.2, -0.15) is 13.2 Å². The van der Waals surface area contributed by atoms with Crippen LogP contribution in [0.3, 0.4) is 0 Å². The summed E-state index contributed by atoms with van der Waals surface area (Å²) in [6.45, 7) is 0.833. The van der Waals surface area contributed by atoms with Crippen molar-refractivity contribution in [3.63, 3.8) is 0 Å². The van der Waals surface area contributed by atoms with Crippen molar-refractivity contribution in [1.29, 1.82) is 0 Å². The van der Waals surface area contributed by atoms with Crippen molar-refractivity contribution in [3.8, 4) is 11.5 Å². The van der Waals surface area contributed by atoms with Gasteiger partial charge in [0.05, 0.1) is 30.9 Å². The van der Waals surface area contributed by atoms with Gasteiger partial charge in [0.1, 0.15) is 17.3 Å². The second-order valence-electron chi connectivity index (χ2n) is 7.66. The summed E-state index contributed by atoms with van der Waals surface area (Å²) in [7, 11) is 3.00. The predicted octanol–water partition coefficient (Wildman–Crippen LogP) is 3.84. The second-order valence-corrected chi connectivity index (χ2v) is 8.06. The van der Waals surface area contributed by atoms with Gasteiger partial charge in [0.25, 0.3) is 0 Å². The molecule has 1 amide bonds. The molecule has 1 atom stereocenters. The Labute approximate surface area is 194 Å². The number of hydrogen-bond donors (Lipinski definition) is 2. The number of pyridine rings is 1. The zero-order chi connectivity index (χ0) is 24.2. The van der Waals surface area contributed by atoms with E-state index in [-0.39, 0.29) is 29.2 Å². The van der Waals surface area contributed by atoms with Crippen LogP contribution in [0.15, 0.2) is 30.5 Å². The van der Waals surface area contributed by atoms with Gasteiger partial charge < -0.3 is 24.8 Å². The summed E-state index contributed by atoms with van der Waals surface area (Å²) < 4.78 is 48.9. The van der Waals surface area contributed by atoms with Gasteiger partial charge in [-0.25, -0.2) is 4.98 Å². The molecule has 1 aliphatic heterocycles. The molecule has 1 saturated heterocycles. The number of rotatable bonds is 7. The van der Waals surface area contributed by atoms with E-state index in [0.29, 0.717) is 43.0 Å². The number of anilines is 1. The second kappa shape index (κ2) is 10.5. The zero-order valence-electron chi connectivity index (χ0n) is 18.2. The van der Waals surface area contributed by atoms with Crippen LogP contribution in [-0.2, 0) is 11.0 Å². The van der Waals surface area contributed by atoms with Crippen LogP contribution in [0.25, 0.3) is 0 Å². The highest BCUT2D eigenvalue weighted by Crippen LogP contribution is 2.35. The summed E-state index contributed by atoms with van der Waals surface area (Å²) in [6.07, 6.45) is -3.80. The summed E-state index contributed by atoms with van der Waals surface area (Å²) in [6, 6.07) is 5.89. The fraction of sp³-hybridized carbons (Fsp3) is 0.455. The van der Waals surface area contributed by atoms with Crippen molar-refractivity contribution in [1.82, 2.24) is 10.3 Å². The molecule has 180 valence electrons. The summed E-state index contributed by atoms with van der Waals surface area (Å²) in [5.74, 6) is 0.797. The molecule has 3 rings (SSSR count). The molecule has 2 aromatic rings. The van der Waals surface area contributed by atoms with Crippen molar-refractivity contribution in [3.05, 3.63) is 46.6 Å². The minimum atomic E-state index is -4.51. The summed E-state index contributed by atoms with van der Waals surface area (Å²) in [4.78, 5) is 18.3. The van der Waals surface area contributed by atoms with E-state index < -0.39 is 17.8 Å². The number of halogens is 4. The third-order valence-electron chi connectivity index (χ3n) is 5.58. The number of nitrogens with zero attached hydrogens (tertiary/aromatic N) is 2. The summed E-state index contributed by atoms with van der Waals surface area (Å²) >= 11 is 6.03. The van der Waals surface area contributed by atoms with Gasteiger partial charge >= 0.3 is 6.18 Å². The third-order valence-corrected chi connectivity index (χ3v) is 5.86. The lowest BCUT2D eigenvalue weighted by Crippen LogP contribution is -2.42. The van der Waals surface area contributed by atoms with E-state index in [4.69, 9.17) is 21.1 Å². The molecular weight excluding hydrogens is 463 g/mol. The molecular formula is C22H25ClF3N3O4. The number of nitrogens with one attached hydrogen (secondary N) is 1. The Morgan fingerprint density at radius 1 is 1.27 bits per heavy atom. The normalized spacial score (nSPS) is 15.8. The largest absolute Gasteiger partial charge is 0.497 e. The maximum absolute atomic E-state index is 12.8. The number of alkyl halides is 3. The van der Waals surface area contributed by atoms with Crippen molar-refractivity contribution in [2.24, 2.45) is 5.92 Å². The number of aliphatic hydroxyl groups excluding tert-OH is 1. The number of piperidine rings is 1. The molecule has 1 aromatic heterocycles. The fourth-order valence-electron chi connectivity index (χ4n) is 3.72. The fourth-order valence-corrected chi connectivity index (χ4v) is 4.01. The van der Waals surface area contributed by atoms with Gasteiger partial charge in [-0.3, -0.25) is 4.79 Å². The maximum Gasteiger partial charge on any atom is 0.417 e. The van der Waals surface area contributed by atoms with Crippen molar-refractivity contribution in [2.45, 2.75) is 25.1 Å². The quantitative estimate of drug-likeness (QED) is 0.617. The van der Waals surface area contributed by atoms with Crippen LogP contribution in [0.4, 0.5) is 19.0 Å². The van der Waals surface area contributed by atoms with Crippen LogP contribution in [0.2, 0.25) is 5.02 Å². The Morgan fingerprint density at radius 2 is 1.97 bits per heavy atom. The topological polar surface area (TPSA) is 83.9 Å². The van der Waals surface area contributed by atoms with E-state index in [1.54, 1.807) is 23.1 Å².